The van der Waals surface area contributed by atoms with E-state index in [4.69, 9.17) is 0 Å². The third-order valence-electron chi connectivity index (χ3n) is 4.58. The van der Waals surface area contributed by atoms with Gasteiger partial charge in [0.1, 0.15) is 0 Å². The smallest absolute Gasteiger partial charge is 0.160 e. The van der Waals surface area contributed by atoms with Crippen molar-refractivity contribution < 1.29 is 4.79 Å². The Morgan fingerprint density at radius 3 is 2.94 bits per heavy atom. The fourth-order valence-corrected chi connectivity index (χ4v) is 3.77. The van der Waals surface area contributed by atoms with Crippen LogP contribution in [0.2, 0.25) is 0 Å². The highest BCUT2D eigenvalue weighted by Crippen LogP contribution is 2.40. The molecule has 2 aliphatic heterocycles. The van der Waals surface area contributed by atoms with Gasteiger partial charge in [-0.15, -0.1) is 0 Å². The predicted molar refractivity (Wildman–Crippen MR) is 64.0 cm³/mol. The van der Waals surface area contributed by atoms with Gasteiger partial charge in [0, 0.05) is 30.3 Å². The Morgan fingerprint density at radius 1 is 1.19 bits per heavy atom. The normalized spacial score (nSPS) is 34.8. The van der Waals surface area contributed by atoms with Crippen molar-refractivity contribution in [1.82, 2.24) is 4.90 Å². The van der Waals surface area contributed by atoms with E-state index in [-0.39, 0.29) is 0 Å². The average Bonchev–Trinajstić information content (AvgIpc) is 2.31. The van der Waals surface area contributed by atoms with Crippen LogP contribution in [0, 0.1) is 5.92 Å². The van der Waals surface area contributed by atoms with Crippen molar-refractivity contribution in [3.05, 3.63) is 11.3 Å². The van der Waals surface area contributed by atoms with E-state index in [1.807, 2.05) is 0 Å². The Bertz CT molecular complexity index is 345. The zero-order chi connectivity index (χ0) is 11.1. The molecular weight excluding hydrogens is 198 g/mol. The summed E-state index contributed by atoms with van der Waals surface area (Å²) < 4.78 is 0. The number of ketones is 1. The lowest BCUT2D eigenvalue weighted by atomic mass is 9.77. The molecular formula is C14H21NO. The highest BCUT2D eigenvalue weighted by atomic mass is 16.1. The maximum atomic E-state index is 12.0. The van der Waals surface area contributed by atoms with Gasteiger partial charge in [0.2, 0.25) is 0 Å². The van der Waals surface area contributed by atoms with Gasteiger partial charge in [0.15, 0.2) is 5.78 Å². The molecule has 0 N–H and O–H groups in total. The Kier molecular flexibility index (Phi) is 2.53. The van der Waals surface area contributed by atoms with E-state index in [9.17, 15) is 4.79 Å². The molecule has 16 heavy (non-hydrogen) atoms. The zero-order valence-corrected chi connectivity index (χ0v) is 10.2. The summed E-state index contributed by atoms with van der Waals surface area (Å²) in [5, 5.41) is 0. The lowest BCUT2D eigenvalue weighted by Gasteiger charge is -2.47. The van der Waals surface area contributed by atoms with Crippen LogP contribution in [0.4, 0.5) is 0 Å². The van der Waals surface area contributed by atoms with Gasteiger partial charge >= 0.3 is 0 Å². The number of hydrogen-bond acceptors (Lipinski definition) is 2. The number of carbonyl (C=O) groups is 1. The second-order valence-electron chi connectivity index (χ2n) is 5.64. The molecule has 0 aromatic rings. The summed E-state index contributed by atoms with van der Waals surface area (Å²) in [5.74, 6) is 1.12. The summed E-state index contributed by atoms with van der Waals surface area (Å²) >= 11 is 0. The van der Waals surface area contributed by atoms with Crippen LogP contribution in [0.25, 0.3) is 0 Å². The van der Waals surface area contributed by atoms with Crippen molar-refractivity contribution in [2.45, 2.75) is 57.9 Å². The van der Waals surface area contributed by atoms with Crippen LogP contribution in [-0.4, -0.2) is 23.3 Å². The van der Waals surface area contributed by atoms with Gasteiger partial charge in [0.05, 0.1) is 0 Å². The number of allylic oxidation sites excluding steroid dienone is 2. The number of Topliss-reactive ketones (excluding diaryl/α,β-unsaturated/α-hetero) is 1. The third kappa shape index (κ3) is 1.50. The zero-order valence-electron chi connectivity index (χ0n) is 10.2. The number of rotatable bonds is 0. The fourth-order valence-electron chi connectivity index (χ4n) is 3.77. The van der Waals surface area contributed by atoms with Crippen LogP contribution in [0.3, 0.4) is 0 Å². The lowest BCUT2D eigenvalue weighted by Crippen LogP contribution is -2.47. The van der Waals surface area contributed by atoms with E-state index in [1.54, 1.807) is 0 Å². The standard InChI is InChI=1S/C14H21NO/c1-10-9-11-13(6-4-7-14(11)16)15-8-3-2-5-12(10)15/h10,12H,2-9H2,1H3/t10-,12-/m1/s1. The molecule has 2 nitrogen and oxygen atoms in total. The van der Waals surface area contributed by atoms with Crippen LogP contribution in [0.15, 0.2) is 11.3 Å². The van der Waals surface area contributed by atoms with Crippen molar-refractivity contribution in [3.63, 3.8) is 0 Å². The molecule has 0 aromatic heterocycles. The SMILES string of the molecule is C[C@@H]1CC2=C(CCCC2=O)N2CCCC[C@H]12. The van der Waals surface area contributed by atoms with E-state index in [2.05, 4.69) is 11.8 Å². The Balaban J connectivity index is 1.97. The molecule has 2 heterocycles. The second-order valence-corrected chi connectivity index (χ2v) is 5.64. The third-order valence-corrected chi connectivity index (χ3v) is 4.58. The van der Waals surface area contributed by atoms with Crippen molar-refractivity contribution in [2.24, 2.45) is 5.92 Å². The minimum atomic E-state index is 0.442. The monoisotopic (exact) mass is 219 g/mol. The van der Waals surface area contributed by atoms with Crippen LogP contribution in [0.5, 0.6) is 0 Å². The van der Waals surface area contributed by atoms with Crippen molar-refractivity contribution in [1.29, 1.82) is 0 Å². The molecule has 0 unspecified atom stereocenters. The molecule has 1 saturated heterocycles. The van der Waals surface area contributed by atoms with E-state index >= 15 is 0 Å². The summed E-state index contributed by atoms with van der Waals surface area (Å²) in [6, 6.07) is 0.735. The average molecular weight is 219 g/mol. The van der Waals surface area contributed by atoms with E-state index in [0.717, 1.165) is 31.7 Å². The summed E-state index contributed by atoms with van der Waals surface area (Å²) in [4.78, 5) is 14.6. The van der Waals surface area contributed by atoms with Crippen molar-refractivity contribution in [2.75, 3.05) is 6.54 Å². The number of carbonyl (C=O) groups excluding carboxylic acids is 1. The van der Waals surface area contributed by atoms with E-state index in [1.165, 1.54) is 37.1 Å². The van der Waals surface area contributed by atoms with Crippen molar-refractivity contribution in [3.8, 4) is 0 Å². The van der Waals surface area contributed by atoms with Gasteiger partial charge < -0.3 is 4.90 Å². The van der Waals surface area contributed by atoms with Gasteiger partial charge in [-0.3, -0.25) is 4.79 Å². The molecule has 0 bridgehead atoms. The molecule has 0 saturated carbocycles. The highest BCUT2D eigenvalue weighted by Gasteiger charge is 2.37. The quantitative estimate of drug-likeness (QED) is 0.624. The fraction of sp³-hybridized carbons (Fsp3) is 0.786. The Labute approximate surface area is 97.7 Å². The van der Waals surface area contributed by atoms with Gasteiger partial charge in [-0.1, -0.05) is 6.92 Å². The van der Waals surface area contributed by atoms with Crippen LogP contribution in [0.1, 0.15) is 51.9 Å². The van der Waals surface area contributed by atoms with Crippen LogP contribution >= 0.6 is 0 Å². The molecule has 3 rings (SSSR count). The topological polar surface area (TPSA) is 20.3 Å². The molecule has 2 heteroatoms. The molecule has 1 aliphatic carbocycles. The van der Waals surface area contributed by atoms with E-state index < -0.39 is 0 Å². The van der Waals surface area contributed by atoms with E-state index in [0.29, 0.717) is 11.7 Å². The van der Waals surface area contributed by atoms with Crippen molar-refractivity contribution >= 4 is 5.78 Å². The number of nitrogens with zero attached hydrogens (tertiary/aromatic N) is 1. The Hall–Kier alpha value is -0.790. The van der Waals surface area contributed by atoms with Gasteiger partial charge in [-0.25, -0.2) is 0 Å². The first kappa shape index (κ1) is 10.4. The predicted octanol–water partition coefficient (Wildman–Crippen LogP) is 2.89. The maximum absolute atomic E-state index is 12.0. The number of fused-ring (bicyclic) bond motifs is 2. The number of hydrogen-bond donors (Lipinski definition) is 0. The molecule has 0 amide bonds. The first-order chi connectivity index (χ1) is 7.77. The van der Waals surface area contributed by atoms with Crippen LogP contribution < -0.4 is 0 Å². The summed E-state index contributed by atoms with van der Waals surface area (Å²) in [6.07, 6.45) is 8.11. The molecule has 0 radical (unpaired) electrons. The second kappa shape index (κ2) is 3.90. The molecule has 3 aliphatic rings. The molecule has 88 valence electrons. The van der Waals surface area contributed by atoms with Crippen LogP contribution in [-0.2, 0) is 4.79 Å². The summed E-state index contributed by atoms with van der Waals surface area (Å²) in [5.41, 5.74) is 2.62. The summed E-state index contributed by atoms with van der Waals surface area (Å²) in [7, 11) is 0. The van der Waals surface area contributed by atoms with Gasteiger partial charge in [-0.05, 0) is 44.4 Å². The highest BCUT2D eigenvalue weighted by molar-refractivity contribution is 5.97. The lowest BCUT2D eigenvalue weighted by molar-refractivity contribution is -0.117. The van der Waals surface area contributed by atoms with Gasteiger partial charge in [-0.2, -0.15) is 0 Å². The minimum absolute atomic E-state index is 0.442. The first-order valence-electron chi connectivity index (χ1n) is 6.79. The maximum Gasteiger partial charge on any atom is 0.160 e. The minimum Gasteiger partial charge on any atom is -0.371 e. The number of piperidine rings is 1. The van der Waals surface area contributed by atoms with Gasteiger partial charge in [0.25, 0.3) is 0 Å². The first-order valence-corrected chi connectivity index (χ1v) is 6.79. The molecule has 0 spiro atoms. The molecule has 1 fully saturated rings. The molecule has 0 aromatic carbocycles. The molecule has 2 atom stereocenters. The largest absolute Gasteiger partial charge is 0.371 e. The summed E-state index contributed by atoms with van der Waals surface area (Å²) in [6.45, 7) is 3.52. The Morgan fingerprint density at radius 2 is 2.06 bits per heavy atom.